The lowest BCUT2D eigenvalue weighted by atomic mass is 9.92. The van der Waals surface area contributed by atoms with E-state index in [1.165, 1.54) is 19.3 Å². The lowest BCUT2D eigenvalue weighted by Gasteiger charge is -2.36. The van der Waals surface area contributed by atoms with Crippen LogP contribution in [-0.4, -0.2) is 117 Å². The first-order chi connectivity index (χ1) is 30.8. The average Bonchev–Trinajstić information content (AvgIpc) is 4.04. The van der Waals surface area contributed by atoms with Gasteiger partial charge in [-0.25, -0.2) is 9.97 Å². The Bertz CT molecular complexity index is 2410. The number of carbonyl (C=O) groups is 5. The summed E-state index contributed by atoms with van der Waals surface area (Å²) in [4.78, 5) is 86.8. The van der Waals surface area contributed by atoms with Crippen molar-refractivity contribution in [3.63, 3.8) is 0 Å². The maximum absolute atomic E-state index is 14.0. The van der Waals surface area contributed by atoms with Crippen molar-refractivity contribution in [2.75, 3.05) is 60.9 Å². The Hall–Kier alpha value is -5.90. The molecule has 4 saturated heterocycles. The van der Waals surface area contributed by atoms with Crippen LogP contribution in [0.4, 0.5) is 23.3 Å². The molecular formula is C47H57N11O5. The highest BCUT2D eigenvalue weighted by atomic mass is 16.2. The second kappa shape index (κ2) is 17.7. The van der Waals surface area contributed by atoms with Crippen LogP contribution in [0, 0.1) is 5.92 Å². The van der Waals surface area contributed by atoms with Crippen LogP contribution >= 0.6 is 0 Å². The number of imide groups is 2. The summed E-state index contributed by atoms with van der Waals surface area (Å²) in [5.74, 6) is 0.779. The molecule has 3 aromatic heterocycles. The molecule has 63 heavy (non-hydrogen) atoms. The molecule has 10 rings (SSSR count). The fraction of sp³-hybridized carbons (Fsp3) is 0.532. The lowest BCUT2D eigenvalue weighted by molar-refractivity contribution is -0.136. The van der Waals surface area contributed by atoms with E-state index in [4.69, 9.17) is 9.97 Å². The van der Waals surface area contributed by atoms with Crippen molar-refractivity contribution >= 4 is 63.7 Å². The molecule has 16 nitrogen and oxygen atoms in total. The number of nitrogens with one attached hydrogen (secondary N) is 3. The van der Waals surface area contributed by atoms with Gasteiger partial charge in [-0.3, -0.25) is 34.2 Å². The zero-order valence-electron chi connectivity index (χ0n) is 35.9. The number of rotatable bonds is 11. The minimum atomic E-state index is -0.967. The molecule has 0 radical (unpaired) electrons. The Morgan fingerprint density at radius 3 is 2.32 bits per heavy atom. The first-order valence-electron chi connectivity index (χ1n) is 23.2. The highest BCUT2D eigenvalue weighted by Gasteiger charge is 2.45. The van der Waals surface area contributed by atoms with E-state index in [-0.39, 0.29) is 30.7 Å². The van der Waals surface area contributed by atoms with Crippen molar-refractivity contribution < 1.29 is 24.0 Å². The summed E-state index contributed by atoms with van der Waals surface area (Å²) < 4.78 is 2.31. The summed E-state index contributed by atoms with van der Waals surface area (Å²) in [5, 5.41) is 9.94. The van der Waals surface area contributed by atoms with Crippen LogP contribution < -0.4 is 25.8 Å². The summed E-state index contributed by atoms with van der Waals surface area (Å²) in [5.41, 5.74) is 3.24. The molecule has 330 valence electrons. The van der Waals surface area contributed by atoms with E-state index >= 15 is 0 Å². The van der Waals surface area contributed by atoms with Gasteiger partial charge in [-0.05, 0) is 107 Å². The van der Waals surface area contributed by atoms with Gasteiger partial charge in [0.15, 0.2) is 0 Å². The van der Waals surface area contributed by atoms with Gasteiger partial charge in [-0.1, -0.05) is 12.8 Å². The molecule has 6 aliphatic rings. The Balaban J connectivity index is 0.708. The number of piperidine rings is 4. The Labute approximate surface area is 367 Å². The van der Waals surface area contributed by atoms with Crippen LogP contribution in [0.25, 0.3) is 10.9 Å². The standard InChI is InChI=1S/C47H57N11O5/c59-42-11-10-38(44(61)53-42)58-45(62)34-9-8-33(26-35(34)46(58)63)55-24-14-30(15-25-55)13-21-54-22-16-31(17-23-54)50-43(60)37-29-57(32-6-2-3-7-32)39-27-41(49-28-36(37)39)51-40-12-18-48-47(52-40)56-19-4-1-5-20-56/h8-9,12,18,26-32,38H,1-7,10-11,13-17,19-25H2,(H,50,60)(H,53,59,61)(H,48,49,51,52). The quantitative estimate of drug-likeness (QED) is 0.160. The maximum Gasteiger partial charge on any atom is 0.262 e. The lowest BCUT2D eigenvalue weighted by Crippen LogP contribution is -2.54. The molecule has 8 heterocycles. The predicted molar refractivity (Wildman–Crippen MR) is 238 cm³/mol. The number of hydrogen-bond donors (Lipinski definition) is 3. The largest absolute Gasteiger partial charge is 0.371 e. The SMILES string of the molecule is O=C1CCC(N2C(=O)c3ccc(N4CCC(CCN5CCC(NC(=O)c6cn(C7CCCC7)c7cc(Nc8ccnc(N9CCCCC9)n8)ncc67)CC5)CC4)cc3C2=O)C(=O)N1. The molecule has 1 saturated carbocycles. The first-order valence-corrected chi connectivity index (χ1v) is 23.2. The maximum atomic E-state index is 14.0. The van der Waals surface area contributed by atoms with Crippen LogP contribution in [-0.2, 0) is 9.59 Å². The van der Waals surface area contributed by atoms with Crippen LogP contribution in [0.5, 0.6) is 0 Å². The van der Waals surface area contributed by atoms with Crippen molar-refractivity contribution in [3.05, 3.63) is 65.6 Å². The van der Waals surface area contributed by atoms with E-state index in [1.807, 2.05) is 18.3 Å². The van der Waals surface area contributed by atoms with Crippen molar-refractivity contribution in [3.8, 4) is 0 Å². The molecule has 1 aliphatic carbocycles. The van der Waals surface area contributed by atoms with Gasteiger partial charge < -0.3 is 29.9 Å². The minimum absolute atomic E-state index is 0.0302. The molecule has 4 aromatic rings. The van der Waals surface area contributed by atoms with E-state index in [9.17, 15) is 24.0 Å². The smallest absolute Gasteiger partial charge is 0.262 e. The summed E-state index contributed by atoms with van der Waals surface area (Å²) >= 11 is 0. The highest BCUT2D eigenvalue weighted by molar-refractivity contribution is 6.23. The third-order valence-corrected chi connectivity index (χ3v) is 14.4. The predicted octanol–water partition coefficient (Wildman–Crippen LogP) is 5.58. The zero-order valence-corrected chi connectivity index (χ0v) is 35.9. The topological polar surface area (TPSA) is 178 Å². The Kier molecular flexibility index (Phi) is 11.6. The van der Waals surface area contributed by atoms with Crippen LogP contribution in [0.2, 0.25) is 0 Å². The van der Waals surface area contributed by atoms with E-state index < -0.39 is 23.8 Å². The fourth-order valence-corrected chi connectivity index (χ4v) is 10.7. The van der Waals surface area contributed by atoms with E-state index in [0.717, 1.165) is 131 Å². The van der Waals surface area contributed by atoms with Gasteiger partial charge in [0.1, 0.15) is 17.7 Å². The number of hydrogen-bond acceptors (Lipinski definition) is 12. The van der Waals surface area contributed by atoms with Crippen molar-refractivity contribution in [2.24, 2.45) is 5.92 Å². The van der Waals surface area contributed by atoms with Gasteiger partial charge in [0.2, 0.25) is 17.8 Å². The monoisotopic (exact) mass is 855 g/mol. The highest BCUT2D eigenvalue weighted by Crippen LogP contribution is 2.36. The molecule has 5 aliphatic heterocycles. The molecule has 5 amide bonds. The van der Waals surface area contributed by atoms with Gasteiger partial charge in [0.25, 0.3) is 17.7 Å². The van der Waals surface area contributed by atoms with Gasteiger partial charge in [-0.2, -0.15) is 4.98 Å². The van der Waals surface area contributed by atoms with Crippen LogP contribution in [0.3, 0.4) is 0 Å². The van der Waals surface area contributed by atoms with E-state index in [1.54, 1.807) is 18.3 Å². The van der Waals surface area contributed by atoms with Crippen LogP contribution in [0.1, 0.15) is 127 Å². The summed E-state index contributed by atoms with van der Waals surface area (Å²) in [7, 11) is 0. The summed E-state index contributed by atoms with van der Waals surface area (Å²) in [6.07, 6.45) is 19.1. The van der Waals surface area contributed by atoms with Gasteiger partial charge in [0.05, 0.1) is 22.2 Å². The molecule has 0 spiro atoms. The fourth-order valence-electron chi connectivity index (χ4n) is 10.7. The third-order valence-electron chi connectivity index (χ3n) is 14.4. The molecule has 3 N–H and O–H groups in total. The molecule has 1 unspecified atom stereocenters. The molecule has 1 aromatic carbocycles. The van der Waals surface area contributed by atoms with Gasteiger partial charge in [0, 0.05) is 93.5 Å². The summed E-state index contributed by atoms with van der Waals surface area (Å²) in [6, 6.07) is 8.83. The minimum Gasteiger partial charge on any atom is -0.371 e. The van der Waals surface area contributed by atoms with Crippen LogP contribution in [0.15, 0.2) is 48.9 Å². The van der Waals surface area contributed by atoms with Crippen molar-refractivity contribution in [1.82, 2.24) is 40.0 Å². The number of fused-ring (bicyclic) bond motifs is 2. The number of benzene rings is 1. The van der Waals surface area contributed by atoms with Crippen molar-refractivity contribution in [1.29, 1.82) is 0 Å². The Morgan fingerprint density at radius 1 is 0.762 bits per heavy atom. The number of pyridine rings is 1. The molecule has 0 bridgehead atoms. The third kappa shape index (κ3) is 8.49. The van der Waals surface area contributed by atoms with E-state index in [2.05, 4.69) is 52.5 Å². The van der Waals surface area contributed by atoms with Crippen molar-refractivity contribution in [2.45, 2.75) is 108 Å². The van der Waals surface area contributed by atoms with E-state index in [0.29, 0.717) is 40.3 Å². The van der Waals surface area contributed by atoms with Gasteiger partial charge in [-0.15, -0.1) is 0 Å². The molecule has 1 atom stereocenters. The zero-order chi connectivity index (χ0) is 43.0. The number of aromatic nitrogens is 4. The second-order valence-corrected chi connectivity index (χ2v) is 18.4. The number of likely N-dealkylation sites (tertiary alicyclic amines) is 1. The number of carbonyl (C=O) groups excluding carboxylic acids is 5. The number of amides is 5. The van der Waals surface area contributed by atoms with Gasteiger partial charge >= 0.3 is 0 Å². The first kappa shape index (κ1) is 41.1. The summed E-state index contributed by atoms with van der Waals surface area (Å²) in [6.45, 7) is 6.61. The normalized spacial score (nSPS) is 22.0. The molecule has 16 heteroatoms. The number of nitrogens with zero attached hydrogens (tertiary/aromatic N) is 8. The second-order valence-electron chi connectivity index (χ2n) is 18.4. The number of anilines is 4. The molecular weight excluding hydrogens is 799 g/mol. The Morgan fingerprint density at radius 2 is 1.54 bits per heavy atom. The molecule has 5 fully saturated rings. The average molecular weight is 856 g/mol.